The lowest BCUT2D eigenvalue weighted by Crippen LogP contribution is -2.33. The molecule has 0 aromatic rings. The maximum atomic E-state index is 5.71. The molecule has 3 heteroatoms. The summed E-state index contributed by atoms with van der Waals surface area (Å²) in [6, 6.07) is 0. The van der Waals surface area contributed by atoms with Crippen LogP contribution in [0.5, 0.6) is 0 Å². The summed E-state index contributed by atoms with van der Waals surface area (Å²) < 4.78 is 5.42. The molecule has 1 saturated heterocycles. The van der Waals surface area contributed by atoms with Crippen LogP contribution in [-0.2, 0) is 4.74 Å². The molecule has 1 aliphatic rings. The minimum absolute atomic E-state index is 0.285. The Morgan fingerprint density at radius 2 is 2.07 bits per heavy atom. The van der Waals surface area contributed by atoms with Gasteiger partial charge in [0.15, 0.2) is 0 Å². The van der Waals surface area contributed by atoms with Crippen molar-refractivity contribution in [1.29, 1.82) is 0 Å². The fourth-order valence-electron chi connectivity index (χ4n) is 1.58. The zero-order valence-corrected chi connectivity index (χ0v) is 9.59. The van der Waals surface area contributed by atoms with Crippen LogP contribution in [-0.4, -0.2) is 44.3 Å². The van der Waals surface area contributed by atoms with E-state index in [1.54, 1.807) is 0 Å². The van der Waals surface area contributed by atoms with Gasteiger partial charge < -0.3 is 15.4 Å². The Bertz CT molecular complexity index is 151. The van der Waals surface area contributed by atoms with E-state index < -0.39 is 0 Å². The molecule has 84 valence electrons. The molecular weight excluding hydrogens is 176 g/mol. The van der Waals surface area contributed by atoms with Gasteiger partial charge in [0.25, 0.3) is 0 Å². The second kappa shape index (κ2) is 5.69. The second-order valence-corrected chi connectivity index (χ2v) is 4.93. The number of ether oxygens (including phenoxy) is 1. The van der Waals surface area contributed by atoms with Gasteiger partial charge in [0.05, 0.1) is 6.61 Å². The van der Waals surface area contributed by atoms with Gasteiger partial charge >= 0.3 is 0 Å². The van der Waals surface area contributed by atoms with E-state index in [2.05, 4.69) is 18.7 Å². The Morgan fingerprint density at radius 1 is 1.29 bits per heavy atom. The van der Waals surface area contributed by atoms with Crippen LogP contribution in [0, 0.1) is 5.41 Å². The fraction of sp³-hybridized carbons (Fsp3) is 1.00. The molecule has 0 radical (unpaired) electrons. The molecule has 0 aliphatic carbocycles. The minimum Gasteiger partial charge on any atom is -0.380 e. The van der Waals surface area contributed by atoms with Crippen molar-refractivity contribution in [2.24, 2.45) is 11.1 Å². The number of nitrogens with zero attached hydrogens (tertiary/aromatic N) is 1. The van der Waals surface area contributed by atoms with E-state index in [0.29, 0.717) is 0 Å². The Balaban J connectivity index is 2.22. The first-order chi connectivity index (χ1) is 6.64. The summed E-state index contributed by atoms with van der Waals surface area (Å²) in [5.41, 5.74) is 5.99. The monoisotopic (exact) mass is 200 g/mol. The molecule has 0 saturated carbocycles. The first-order valence-corrected chi connectivity index (χ1v) is 5.64. The van der Waals surface area contributed by atoms with E-state index in [1.807, 2.05) is 0 Å². The van der Waals surface area contributed by atoms with Gasteiger partial charge in [-0.1, -0.05) is 13.8 Å². The third-order valence-corrected chi connectivity index (χ3v) is 2.97. The Morgan fingerprint density at radius 3 is 2.79 bits per heavy atom. The van der Waals surface area contributed by atoms with E-state index in [-0.39, 0.29) is 5.41 Å². The minimum atomic E-state index is 0.285. The third-order valence-electron chi connectivity index (χ3n) is 2.97. The number of hydrogen-bond acceptors (Lipinski definition) is 3. The fourth-order valence-corrected chi connectivity index (χ4v) is 1.58. The average molecular weight is 200 g/mol. The summed E-state index contributed by atoms with van der Waals surface area (Å²) in [5, 5.41) is 0. The summed E-state index contributed by atoms with van der Waals surface area (Å²) in [6.07, 6.45) is 2.35. The topological polar surface area (TPSA) is 38.5 Å². The Hall–Kier alpha value is -0.120. The molecule has 0 spiro atoms. The van der Waals surface area contributed by atoms with Gasteiger partial charge in [-0.3, -0.25) is 0 Å². The highest BCUT2D eigenvalue weighted by Crippen LogP contribution is 2.18. The number of hydrogen-bond donors (Lipinski definition) is 1. The quantitative estimate of drug-likeness (QED) is 0.738. The van der Waals surface area contributed by atoms with Gasteiger partial charge in [-0.25, -0.2) is 0 Å². The van der Waals surface area contributed by atoms with Gasteiger partial charge in [-0.2, -0.15) is 0 Å². The van der Waals surface area contributed by atoms with Crippen LogP contribution in [0.15, 0.2) is 0 Å². The van der Waals surface area contributed by atoms with Crippen LogP contribution in [0.3, 0.4) is 0 Å². The first kappa shape index (κ1) is 12.0. The standard InChI is InChI=1S/C11H24N2O/c1-11(2,10-12)4-6-13-5-3-8-14-9-7-13/h3-10,12H2,1-2H3. The van der Waals surface area contributed by atoms with Crippen LogP contribution in [0.1, 0.15) is 26.7 Å². The second-order valence-electron chi connectivity index (χ2n) is 4.93. The van der Waals surface area contributed by atoms with Gasteiger partial charge in [0.2, 0.25) is 0 Å². The predicted molar refractivity (Wildman–Crippen MR) is 59.3 cm³/mol. The molecule has 0 aromatic carbocycles. The third kappa shape index (κ3) is 4.40. The van der Waals surface area contributed by atoms with Crippen molar-refractivity contribution < 1.29 is 4.74 Å². The molecule has 0 unspecified atom stereocenters. The SMILES string of the molecule is CC(C)(CN)CCN1CCCOCC1. The maximum Gasteiger partial charge on any atom is 0.0593 e. The molecule has 0 atom stereocenters. The summed E-state index contributed by atoms with van der Waals surface area (Å²) >= 11 is 0. The lowest BCUT2D eigenvalue weighted by Gasteiger charge is -2.27. The molecule has 1 fully saturated rings. The van der Waals surface area contributed by atoms with Crippen molar-refractivity contribution in [3.8, 4) is 0 Å². The van der Waals surface area contributed by atoms with Crippen LogP contribution in [0.25, 0.3) is 0 Å². The summed E-state index contributed by atoms with van der Waals surface area (Å²) in [6.45, 7) is 10.5. The van der Waals surface area contributed by atoms with Gasteiger partial charge in [0.1, 0.15) is 0 Å². The highest BCUT2D eigenvalue weighted by atomic mass is 16.5. The van der Waals surface area contributed by atoms with Crippen LogP contribution in [0.2, 0.25) is 0 Å². The van der Waals surface area contributed by atoms with Crippen molar-refractivity contribution >= 4 is 0 Å². The Kier molecular flexibility index (Phi) is 4.85. The van der Waals surface area contributed by atoms with Crippen molar-refractivity contribution in [3.63, 3.8) is 0 Å². The normalized spacial score (nSPS) is 20.8. The highest BCUT2D eigenvalue weighted by molar-refractivity contribution is 4.72. The van der Waals surface area contributed by atoms with Crippen molar-refractivity contribution in [2.75, 3.05) is 39.4 Å². The van der Waals surface area contributed by atoms with Gasteiger partial charge in [-0.05, 0) is 31.3 Å². The smallest absolute Gasteiger partial charge is 0.0593 e. The summed E-state index contributed by atoms with van der Waals surface area (Å²) in [7, 11) is 0. The molecule has 1 heterocycles. The van der Waals surface area contributed by atoms with Gasteiger partial charge in [-0.15, -0.1) is 0 Å². The van der Waals surface area contributed by atoms with Crippen molar-refractivity contribution in [2.45, 2.75) is 26.7 Å². The van der Waals surface area contributed by atoms with E-state index in [4.69, 9.17) is 10.5 Å². The van der Waals surface area contributed by atoms with Crippen molar-refractivity contribution in [3.05, 3.63) is 0 Å². The molecule has 2 N–H and O–H groups in total. The lowest BCUT2D eigenvalue weighted by atomic mass is 9.89. The summed E-state index contributed by atoms with van der Waals surface area (Å²) in [4.78, 5) is 2.49. The summed E-state index contributed by atoms with van der Waals surface area (Å²) in [5.74, 6) is 0. The molecule has 0 bridgehead atoms. The van der Waals surface area contributed by atoms with E-state index in [1.165, 1.54) is 19.4 Å². The largest absolute Gasteiger partial charge is 0.380 e. The molecule has 1 aliphatic heterocycles. The molecule has 1 rings (SSSR count). The zero-order chi connectivity index (χ0) is 10.4. The molecular formula is C11H24N2O. The number of nitrogens with two attached hydrogens (primary N) is 1. The maximum absolute atomic E-state index is 5.71. The number of rotatable bonds is 4. The van der Waals surface area contributed by atoms with Crippen LogP contribution < -0.4 is 5.73 Å². The first-order valence-electron chi connectivity index (χ1n) is 5.64. The molecule has 0 aromatic heterocycles. The molecule has 0 amide bonds. The van der Waals surface area contributed by atoms with Crippen LogP contribution >= 0.6 is 0 Å². The lowest BCUT2D eigenvalue weighted by molar-refractivity contribution is 0.138. The average Bonchev–Trinajstić information content (AvgIpc) is 2.43. The van der Waals surface area contributed by atoms with E-state index in [9.17, 15) is 0 Å². The molecule has 3 nitrogen and oxygen atoms in total. The van der Waals surface area contributed by atoms with E-state index in [0.717, 1.165) is 32.8 Å². The predicted octanol–water partition coefficient (Wildman–Crippen LogP) is 1.08. The zero-order valence-electron chi connectivity index (χ0n) is 9.59. The molecule has 14 heavy (non-hydrogen) atoms. The highest BCUT2D eigenvalue weighted by Gasteiger charge is 2.17. The van der Waals surface area contributed by atoms with Gasteiger partial charge in [0, 0.05) is 19.7 Å². The van der Waals surface area contributed by atoms with E-state index >= 15 is 0 Å². The Labute approximate surface area is 87.6 Å². The van der Waals surface area contributed by atoms with Crippen LogP contribution in [0.4, 0.5) is 0 Å². The van der Waals surface area contributed by atoms with Crippen molar-refractivity contribution in [1.82, 2.24) is 4.90 Å².